The van der Waals surface area contributed by atoms with Crippen molar-refractivity contribution in [2.45, 2.75) is 13.8 Å². The number of halogens is 1. The predicted molar refractivity (Wildman–Crippen MR) is 68.8 cm³/mol. The number of rotatable bonds is 0. The Morgan fingerprint density at radius 3 is 2.41 bits per heavy atom. The van der Waals surface area contributed by atoms with Crippen molar-refractivity contribution >= 4 is 22.0 Å². The number of hydrogen-bond donors (Lipinski definition) is 1. The summed E-state index contributed by atoms with van der Waals surface area (Å²) in [7, 11) is 2.22. The van der Waals surface area contributed by atoms with E-state index in [1.54, 1.807) is 0 Å². The maximum Gasteiger partial charge on any atom is 0.144 e. The van der Waals surface area contributed by atoms with Crippen LogP contribution in [0.3, 0.4) is 0 Å². The van der Waals surface area contributed by atoms with Crippen molar-refractivity contribution in [1.29, 1.82) is 0 Å². The first kappa shape index (κ1) is 12.3. The molecule has 1 aliphatic heterocycles. The van der Waals surface area contributed by atoms with E-state index in [1.165, 1.54) is 38.2 Å². The minimum atomic E-state index is 0. The molecule has 0 amide bonds. The van der Waals surface area contributed by atoms with E-state index in [1.807, 2.05) is 0 Å². The molecule has 3 rings (SSSR count). The number of nitrogens with one attached hydrogen (secondary N) is 1. The highest BCUT2D eigenvalue weighted by Gasteiger charge is 2.27. The van der Waals surface area contributed by atoms with Gasteiger partial charge in [-0.25, -0.2) is 0 Å². The van der Waals surface area contributed by atoms with Crippen LogP contribution in [0.1, 0.15) is 19.4 Å². The van der Waals surface area contributed by atoms with Gasteiger partial charge in [0.1, 0.15) is 11.4 Å². The third kappa shape index (κ3) is 1.63. The lowest BCUT2D eigenvalue weighted by Crippen LogP contribution is -3.00. The van der Waals surface area contributed by atoms with Crippen LogP contribution in [0.25, 0.3) is 16.3 Å². The normalized spacial score (nSPS) is 18.2. The summed E-state index contributed by atoms with van der Waals surface area (Å²) in [6.07, 6.45) is 0. The first-order valence-corrected chi connectivity index (χ1v) is 5.74. The fourth-order valence-corrected chi connectivity index (χ4v) is 2.66. The van der Waals surface area contributed by atoms with E-state index in [9.17, 15) is 0 Å². The smallest absolute Gasteiger partial charge is 0.144 e. The zero-order chi connectivity index (χ0) is 11.3. The monoisotopic (exact) mass is 289 g/mol. The van der Waals surface area contributed by atoms with E-state index >= 15 is 0 Å². The molecule has 1 N–H and O–H groups in total. The molecule has 1 unspecified atom stereocenters. The van der Waals surface area contributed by atoms with Crippen molar-refractivity contribution < 1.29 is 21.9 Å². The van der Waals surface area contributed by atoms with Crippen LogP contribution >= 0.6 is 0 Å². The van der Waals surface area contributed by atoms with E-state index < -0.39 is 0 Å². The summed E-state index contributed by atoms with van der Waals surface area (Å²) in [5, 5.41) is 2.72. The summed E-state index contributed by atoms with van der Waals surface area (Å²) < 4.78 is 0. The molecule has 0 spiro atoms. The Hall–Kier alpha value is -1.12. The third-order valence-corrected chi connectivity index (χ3v) is 3.83. The van der Waals surface area contributed by atoms with Crippen LogP contribution < -0.4 is 21.9 Å². The van der Waals surface area contributed by atoms with Crippen LogP contribution in [0.4, 0.5) is 5.69 Å². The molecule has 17 heavy (non-hydrogen) atoms. The molecule has 0 radical (unpaired) electrons. The molecule has 1 nitrogen and oxygen atoms in total. The Morgan fingerprint density at radius 2 is 1.65 bits per heavy atom. The van der Waals surface area contributed by atoms with Gasteiger partial charge in [0.25, 0.3) is 0 Å². The fourth-order valence-electron chi connectivity index (χ4n) is 2.66. The first-order valence-electron chi connectivity index (χ1n) is 5.74. The van der Waals surface area contributed by atoms with Gasteiger partial charge in [0.2, 0.25) is 0 Å². The minimum absolute atomic E-state index is 0. The van der Waals surface area contributed by atoms with Crippen LogP contribution in [0.2, 0.25) is 0 Å². The van der Waals surface area contributed by atoms with E-state index in [4.69, 9.17) is 0 Å². The SMILES string of the molecule is CC1=C(C)[NH+](C)c2ccc3ccccc3c21.[Br-]. The van der Waals surface area contributed by atoms with Gasteiger partial charge in [-0.1, -0.05) is 24.3 Å². The number of quaternary nitrogens is 1. The molecule has 0 aromatic heterocycles. The topological polar surface area (TPSA) is 4.44 Å². The standard InChI is InChI=1S/C15H15N.BrH/c1-10-11(2)16(3)14-9-8-12-6-4-5-7-13(12)15(10)14;/h4-9H,1-3H3;1H. The van der Waals surface area contributed by atoms with Gasteiger partial charge >= 0.3 is 0 Å². The second-order valence-corrected chi connectivity index (χ2v) is 4.58. The quantitative estimate of drug-likeness (QED) is 0.683. The van der Waals surface area contributed by atoms with Crippen LogP contribution in [-0.4, -0.2) is 7.05 Å². The molecule has 1 atom stereocenters. The highest BCUT2D eigenvalue weighted by Crippen LogP contribution is 2.34. The minimum Gasteiger partial charge on any atom is -1.00 e. The van der Waals surface area contributed by atoms with Crippen LogP contribution in [-0.2, 0) is 0 Å². The zero-order valence-corrected chi connectivity index (χ0v) is 11.9. The summed E-state index contributed by atoms with van der Waals surface area (Å²) in [5.74, 6) is 0. The summed E-state index contributed by atoms with van der Waals surface area (Å²) >= 11 is 0. The van der Waals surface area contributed by atoms with Gasteiger partial charge in [0, 0.05) is 18.6 Å². The van der Waals surface area contributed by atoms with E-state index in [0.717, 1.165) is 0 Å². The molecular formula is C15H16BrN. The molecule has 88 valence electrons. The second kappa shape index (κ2) is 4.28. The molecule has 2 heteroatoms. The maximum absolute atomic E-state index is 2.26. The van der Waals surface area contributed by atoms with Crippen molar-refractivity contribution in [3.8, 4) is 0 Å². The predicted octanol–water partition coefficient (Wildman–Crippen LogP) is -0.246. The van der Waals surface area contributed by atoms with Crippen molar-refractivity contribution in [3.05, 3.63) is 47.7 Å². The van der Waals surface area contributed by atoms with Crippen LogP contribution in [0.15, 0.2) is 42.1 Å². The van der Waals surface area contributed by atoms with Crippen LogP contribution in [0, 0.1) is 0 Å². The zero-order valence-electron chi connectivity index (χ0n) is 10.3. The molecular weight excluding hydrogens is 274 g/mol. The van der Waals surface area contributed by atoms with Gasteiger partial charge in [0.15, 0.2) is 0 Å². The highest BCUT2D eigenvalue weighted by atomic mass is 79.9. The number of allylic oxidation sites excluding steroid dienone is 2. The van der Waals surface area contributed by atoms with E-state index in [2.05, 4.69) is 57.3 Å². The van der Waals surface area contributed by atoms with Gasteiger partial charge in [-0.15, -0.1) is 0 Å². The van der Waals surface area contributed by atoms with Crippen LogP contribution in [0.5, 0.6) is 0 Å². The maximum atomic E-state index is 2.26. The van der Waals surface area contributed by atoms with Crippen molar-refractivity contribution in [2.75, 3.05) is 7.05 Å². The lowest BCUT2D eigenvalue weighted by atomic mass is 9.99. The molecule has 0 bridgehead atoms. The molecule has 0 fully saturated rings. The van der Waals surface area contributed by atoms with Gasteiger partial charge < -0.3 is 17.0 Å². The number of benzene rings is 2. The summed E-state index contributed by atoms with van der Waals surface area (Å²) in [6.45, 7) is 4.45. The Balaban J connectivity index is 0.00000108. The Labute approximate surface area is 113 Å². The molecule has 0 saturated heterocycles. The molecule has 0 saturated carbocycles. The molecule has 1 aliphatic rings. The largest absolute Gasteiger partial charge is 1.00 e. The number of hydrogen-bond acceptors (Lipinski definition) is 0. The molecule has 2 aromatic rings. The summed E-state index contributed by atoms with van der Waals surface area (Å²) in [6, 6.07) is 13.1. The van der Waals surface area contributed by atoms with Gasteiger partial charge in [-0.3, -0.25) is 4.90 Å². The van der Waals surface area contributed by atoms with E-state index in [-0.39, 0.29) is 17.0 Å². The van der Waals surface area contributed by atoms with E-state index in [0.29, 0.717) is 0 Å². The lowest BCUT2D eigenvalue weighted by Gasteiger charge is -2.09. The Kier molecular flexibility index (Phi) is 3.11. The van der Waals surface area contributed by atoms with Gasteiger partial charge in [-0.2, -0.15) is 0 Å². The molecule has 0 aliphatic carbocycles. The third-order valence-electron chi connectivity index (χ3n) is 3.83. The van der Waals surface area contributed by atoms with Crippen molar-refractivity contribution in [2.24, 2.45) is 0 Å². The Morgan fingerprint density at radius 1 is 0.941 bits per heavy atom. The first-order chi connectivity index (χ1) is 7.70. The fraction of sp³-hybridized carbons (Fsp3) is 0.200. The molecule has 2 aromatic carbocycles. The summed E-state index contributed by atoms with van der Waals surface area (Å²) in [5.41, 5.74) is 5.72. The highest BCUT2D eigenvalue weighted by molar-refractivity contribution is 5.98. The number of fused-ring (bicyclic) bond motifs is 3. The average Bonchev–Trinajstić information content (AvgIpc) is 2.55. The second-order valence-electron chi connectivity index (χ2n) is 4.58. The lowest BCUT2D eigenvalue weighted by molar-refractivity contribution is -0.762. The van der Waals surface area contributed by atoms with Crippen molar-refractivity contribution in [3.63, 3.8) is 0 Å². The average molecular weight is 290 g/mol. The van der Waals surface area contributed by atoms with Gasteiger partial charge in [-0.05, 0) is 23.8 Å². The summed E-state index contributed by atoms with van der Waals surface area (Å²) in [4.78, 5) is 1.43. The Bertz CT molecular complexity index is 613. The molecule has 1 heterocycles. The van der Waals surface area contributed by atoms with Gasteiger partial charge in [0.05, 0.1) is 12.6 Å². The van der Waals surface area contributed by atoms with Crippen molar-refractivity contribution in [1.82, 2.24) is 0 Å².